The van der Waals surface area contributed by atoms with Crippen molar-refractivity contribution in [2.24, 2.45) is 0 Å². The van der Waals surface area contributed by atoms with Gasteiger partial charge in [0.15, 0.2) is 6.10 Å². The number of benzene rings is 2. The lowest BCUT2D eigenvalue weighted by molar-refractivity contribution is -0.384. The molecule has 6 nitrogen and oxygen atoms in total. The van der Waals surface area contributed by atoms with E-state index in [1.807, 2.05) is 18.2 Å². The summed E-state index contributed by atoms with van der Waals surface area (Å²) in [7, 11) is 0. The van der Waals surface area contributed by atoms with Crippen LogP contribution in [0, 0.1) is 10.1 Å². The van der Waals surface area contributed by atoms with Crippen molar-refractivity contribution in [2.45, 2.75) is 32.3 Å². The molecule has 0 aliphatic heterocycles. The number of rotatable bonds is 5. The van der Waals surface area contributed by atoms with Crippen LogP contribution in [0.2, 0.25) is 5.02 Å². The Hall–Kier alpha value is -2.60. The number of nitrogens with one attached hydrogen (secondary N) is 1. The molecule has 0 aromatic heterocycles. The molecule has 3 rings (SSSR count). The zero-order chi connectivity index (χ0) is 18.0. The summed E-state index contributed by atoms with van der Waals surface area (Å²) in [6.07, 6.45) is 2.46. The Balaban J connectivity index is 1.65. The summed E-state index contributed by atoms with van der Waals surface area (Å²) in [5, 5.41) is 13.6. The van der Waals surface area contributed by atoms with Gasteiger partial charge in [0.25, 0.3) is 11.6 Å². The van der Waals surface area contributed by atoms with Crippen molar-refractivity contribution in [1.29, 1.82) is 0 Å². The molecule has 0 fully saturated rings. The number of aryl methyl sites for hydroxylation is 2. The first-order valence-electron chi connectivity index (χ1n) is 7.97. The van der Waals surface area contributed by atoms with Gasteiger partial charge in [-0.1, -0.05) is 17.7 Å². The molecule has 7 heteroatoms. The first-order chi connectivity index (χ1) is 11.9. The maximum Gasteiger partial charge on any atom is 0.271 e. The lowest BCUT2D eigenvalue weighted by atomic mass is 10.1. The topological polar surface area (TPSA) is 81.5 Å². The Morgan fingerprint density at radius 1 is 1.24 bits per heavy atom. The van der Waals surface area contributed by atoms with Gasteiger partial charge in [-0.05, 0) is 55.5 Å². The zero-order valence-electron chi connectivity index (χ0n) is 13.6. The fourth-order valence-electron chi connectivity index (χ4n) is 2.84. The first-order valence-corrected chi connectivity index (χ1v) is 8.35. The Kier molecular flexibility index (Phi) is 4.90. The molecule has 0 spiro atoms. The van der Waals surface area contributed by atoms with Crippen LogP contribution in [-0.4, -0.2) is 16.9 Å². The quantitative estimate of drug-likeness (QED) is 0.641. The molecule has 2 aromatic rings. The fraction of sp³-hybridized carbons (Fsp3) is 0.278. The monoisotopic (exact) mass is 360 g/mol. The van der Waals surface area contributed by atoms with Crippen LogP contribution in [0.1, 0.15) is 24.5 Å². The average molecular weight is 361 g/mol. The van der Waals surface area contributed by atoms with Gasteiger partial charge < -0.3 is 10.1 Å². The summed E-state index contributed by atoms with van der Waals surface area (Å²) in [4.78, 5) is 22.5. The molecule has 1 N–H and O–H groups in total. The second-order valence-corrected chi connectivity index (χ2v) is 6.37. The van der Waals surface area contributed by atoms with E-state index >= 15 is 0 Å². The summed E-state index contributed by atoms with van der Waals surface area (Å²) in [6.45, 7) is 1.60. The van der Waals surface area contributed by atoms with Crippen LogP contribution in [0.3, 0.4) is 0 Å². The third kappa shape index (κ3) is 3.91. The van der Waals surface area contributed by atoms with Crippen LogP contribution >= 0.6 is 11.6 Å². The fourth-order valence-corrected chi connectivity index (χ4v) is 3.06. The standard InChI is InChI=1S/C18H17ClN2O4/c1-11(25-17-8-7-15(21(23)24)10-16(17)19)18(22)20-14-6-5-12-3-2-4-13(12)9-14/h5-11H,2-4H2,1H3,(H,20,22)/t11-/m1/s1. The van der Waals surface area contributed by atoms with Gasteiger partial charge in [0.1, 0.15) is 5.75 Å². The molecule has 1 aliphatic carbocycles. The normalized spacial score (nSPS) is 13.8. The molecule has 0 saturated heterocycles. The van der Waals surface area contributed by atoms with Crippen LogP contribution < -0.4 is 10.1 Å². The van der Waals surface area contributed by atoms with Gasteiger partial charge in [-0.3, -0.25) is 14.9 Å². The van der Waals surface area contributed by atoms with Crippen molar-refractivity contribution in [1.82, 2.24) is 0 Å². The van der Waals surface area contributed by atoms with Crippen LogP contribution in [0.5, 0.6) is 5.75 Å². The van der Waals surface area contributed by atoms with Crippen molar-refractivity contribution in [2.75, 3.05) is 5.32 Å². The van der Waals surface area contributed by atoms with E-state index in [1.165, 1.54) is 29.3 Å². The van der Waals surface area contributed by atoms with Crippen LogP contribution in [0.25, 0.3) is 0 Å². The maximum atomic E-state index is 12.3. The number of carbonyl (C=O) groups excluding carboxylic acids is 1. The number of halogens is 1. The second kappa shape index (κ2) is 7.11. The third-order valence-electron chi connectivity index (χ3n) is 4.17. The van der Waals surface area contributed by atoms with Gasteiger partial charge in [-0.2, -0.15) is 0 Å². The SMILES string of the molecule is C[C@@H](Oc1ccc([N+](=O)[O-])cc1Cl)C(=O)Nc1ccc2c(c1)CCC2. The number of hydrogen-bond donors (Lipinski definition) is 1. The van der Waals surface area contributed by atoms with Crippen molar-refractivity contribution >= 4 is 28.9 Å². The Bertz CT molecular complexity index is 838. The smallest absolute Gasteiger partial charge is 0.271 e. The summed E-state index contributed by atoms with van der Waals surface area (Å²) < 4.78 is 5.54. The number of hydrogen-bond acceptors (Lipinski definition) is 4. The summed E-state index contributed by atoms with van der Waals surface area (Å²) in [5.41, 5.74) is 3.20. The highest BCUT2D eigenvalue weighted by Gasteiger charge is 2.19. The van der Waals surface area contributed by atoms with E-state index in [-0.39, 0.29) is 22.4 Å². The average Bonchev–Trinajstić information content (AvgIpc) is 3.04. The Morgan fingerprint density at radius 2 is 2.00 bits per heavy atom. The molecule has 0 saturated carbocycles. The van der Waals surface area contributed by atoms with Crippen LogP contribution in [0.15, 0.2) is 36.4 Å². The zero-order valence-corrected chi connectivity index (χ0v) is 14.4. The molecule has 1 amide bonds. The number of amides is 1. The van der Waals surface area contributed by atoms with Crippen LogP contribution in [0.4, 0.5) is 11.4 Å². The van der Waals surface area contributed by atoms with Crippen molar-refractivity contribution in [3.8, 4) is 5.75 Å². The summed E-state index contributed by atoms with van der Waals surface area (Å²) >= 11 is 5.99. The number of nitrogens with zero attached hydrogens (tertiary/aromatic N) is 1. The molecular formula is C18H17ClN2O4. The summed E-state index contributed by atoms with van der Waals surface area (Å²) in [6, 6.07) is 9.78. The number of non-ortho nitro benzene ring substituents is 1. The van der Waals surface area contributed by atoms with Gasteiger partial charge in [0.2, 0.25) is 0 Å². The number of nitro groups is 1. The van der Waals surface area contributed by atoms with E-state index in [9.17, 15) is 14.9 Å². The molecule has 0 heterocycles. The van der Waals surface area contributed by atoms with Gasteiger partial charge in [-0.15, -0.1) is 0 Å². The lowest BCUT2D eigenvalue weighted by Gasteiger charge is -2.16. The molecule has 130 valence electrons. The minimum atomic E-state index is -0.799. The van der Waals surface area contributed by atoms with E-state index in [0.29, 0.717) is 0 Å². The van der Waals surface area contributed by atoms with E-state index in [1.54, 1.807) is 6.92 Å². The number of nitro benzene ring substituents is 1. The number of fused-ring (bicyclic) bond motifs is 1. The van der Waals surface area contributed by atoms with Gasteiger partial charge >= 0.3 is 0 Å². The molecule has 1 atom stereocenters. The molecule has 0 unspecified atom stereocenters. The molecular weight excluding hydrogens is 344 g/mol. The van der Waals surface area contributed by atoms with Crippen LogP contribution in [-0.2, 0) is 17.6 Å². The molecule has 0 bridgehead atoms. The lowest BCUT2D eigenvalue weighted by Crippen LogP contribution is -2.30. The van der Waals surface area contributed by atoms with E-state index < -0.39 is 11.0 Å². The highest BCUT2D eigenvalue weighted by molar-refractivity contribution is 6.32. The highest BCUT2D eigenvalue weighted by Crippen LogP contribution is 2.30. The van der Waals surface area contributed by atoms with Gasteiger partial charge in [-0.25, -0.2) is 0 Å². The first kappa shape index (κ1) is 17.2. The van der Waals surface area contributed by atoms with Gasteiger partial charge in [0, 0.05) is 17.8 Å². The molecule has 0 radical (unpaired) electrons. The minimum Gasteiger partial charge on any atom is -0.479 e. The number of carbonyl (C=O) groups is 1. The van der Waals surface area contributed by atoms with Crippen molar-refractivity contribution < 1.29 is 14.5 Å². The van der Waals surface area contributed by atoms with Crippen molar-refractivity contribution in [3.63, 3.8) is 0 Å². The third-order valence-corrected chi connectivity index (χ3v) is 4.46. The molecule has 25 heavy (non-hydrogen) atoms. The Morgan fingerprint density at radius 3 is 2.72 bits per heavy atom. The maximum absolute atomic E-state index is 12.3. The van der Waals surface area contributed by atoms with Gasteiger partial charge in [0.05, 0.1) is 9.95 Å². The number of ether oxygens (including phenoxy) is 1. The predicted octanol–water partition coefficient (Wildman–Crippen LogP) is 4.14. The van der Waals surface area contributed by atoms with E-state index in [0.717, 1.165) is 24.9 Å². The highest BCUT2D eigenvalue weighted by atomic mass is 35.5. The van der Waals surface area contributed by atoms with Crippen molar-refractivity contribution in [3.05, 3.63) is 62.7 Å². The summed E-state index contributed by atoms with van der Waals surface area (Å²) in [5.74, 6) is -0.0868. The largest absolute Gasteiger partial charge is 0.479 e. The van der Waals surface area contributed by atoms with E-state index in [2.05, 4.69) is 5.32 Å². The minimum absolute atomic E-state index is 0.0892. The second-order valence-electron chi connectivity index (χ2n) is 5.96. The Labute approximate surface area is 149 Å². The predicted molar refractivity (Wildman–Crippen MR) is 95.3 cm³/mol. The van der Waals surface area contributed by atoms with E-state index in [4.69, 9.17) is 16.3 Å². The molecule has 2 aromatic carbocycles. The number of anilines is 1. The molecule has 1 aliphatic rings.